The summed E-state index contributed by atoms with van der Waals surface area (Å²) in [6.07, 6.45) is 0. The first-order valence-corrected chi connectivity index (χ1v) is 5.66. The van der Waals surface area contributed by atoms with Gasteiger partial charge in [0.1, 0.15) is 0 Å². The number of nitrogens with two attached hydrogens (primary N) is 1. The molecule has 1 aromatic carbocycles. The van der Waals surface area contributed by atoms with Gasteiger partial charge in [-0.05, 0) is 30.7 Å². The summed E-state index contributed by atoms with van der Waals surface area (Å²) >= 11 is 1.61. The van der Waals surface area contributed by atoms with Gasteiger partial charge in [-0.2, -0.15) is 0 Å². The highest BCUT2D eigenvalue weighted by atomic mass is 32.1. The molecule has 0 unspecified atom stereocenters. The zero-order valence-corrected chi connectivity index (χ0v) is 9.34. The first-order valence-electron chi connectivity index (χ1n) is 4.72. The molecule has 1 heterocycles. The highest BCUT2D eigenvalue weighted by Gasteiger charge is 1.97. The molecule has 0 bridgehead atoms. The van der Waals surface area contributed by atoms with Crippen LogP contribution >= 0.6 is 11.3 Å². The Morgan fingerprint density at radius 1 is 1.40 bits per heavy atom. The molecule has 0 spiro atoms. The molecule has 0 amide bonds. The fourth-order valence-corrected chi connectivity index (χ4v) is 1.99. The molecule has 0 aliphatic carbocycles. The van der Waals surface area contributed by atoms with Crippen molar-refractivity contribution in [3.05, 3.63) is 40.3 Å². The van der Waals surface area contributed by atoms with Gasteiger partial charge in [-0.15, -0.1) is 11.3 Å². The van der Waals surface area contributed by atoms with Crippen LogP contribution in [-0.2, 0) is 6.54 Å². The van der Waals surface area contributed by atoms with E-state index in [1.807, 2.05) is 29.9 Å². The van der Waals surface area contributed by atoms with Crippen molar-refractivity contribution in [1.82, 2.24) is 4.98 Å². The highest BCUT2D eigenvalue weighted by Crippen LogP contribution is 2.16. The van der Waals surface area contributed by atoms with Crippen molar-refractivity contribution < 1.29 is 0 Å². The van der Waals surface area contributed by atoms with E-state index in [0.29, 0.717) is 0 Å². The van der Waals surface area contributed by atoms with Crippen LogP contribution in [0.5, 0.6) is 0 Å². The number of benzene rings is 1. The molecule has 2 rings (SSSR count). The third-order valence-electron chi connectivity index (χ3n) is 2.06. The molecule has 0 radical (unpaired) electrons. The van der Waals surface area contributed by atoms with E-state index >= 15 is 0 Å². The Morgan fingerprint density at radius 2 is 2.27 bits per heavy atom. The second-order valence-electron chi connectivity index (χ2n) is 3.47. The fraction of sp³-hybridized carbons (Fsp3) is 0.182. The molecule has 0 fully saturated rings. The van der Waals surface area contributed by atoms with Crippen LogP contribution in [0.3, 0.4) is 0 Å². The largest absolute Gasteiger partial charge is 0.399 e. The maximum absolute atomic E-state index is 5.75. The van der Waals surface area contributed by atoms with Crippen LogP contribution in [0.2, 0.25) is 0 Å². The van der Waals surface area contributed by atoms with Crippen LogP contribution in [0, 0.1) is 6.92 Å². The quantitative estimate of drug-likeness (QED) is 0.780. The van der Waals surface area contributed by atoms with Gasteiger partial charge in [-0.1, -0.05) is 0 Å². The first-order chi connectivity index (χ1) is 7.24. The lowest BCUT2D eigenvalue weighted by molar-refractivity contribution is 1.07. The molecule has 0 atom stereocenters. The second kappa shape index (κ2) is 4.31. The van der Waals surface area contributed by atoms with Crippen LogP contribution in [-0.4, -0.2) is 4.98 Å². The number of anilines is 2. The maximum Gasteiger partial charge on any atom is 0.0795 e. The van der Waals surface area contributed by atoms with Crippen molar-refractivity contribution in [3.63, 3.8) is 0 Å². The average Bonchev–Trinajstić information content (AvgIpc) is 2.65. The summed E-state index contributed by atoms with van der Waals surface area (Å²) < 4.78 is 0. The van der Waals surface area contributed by atoms with E-state index in [0.717, 1.165) is 29.2 Å². The molecule has 4 heteroatoms. The molecule has 15 heavy (non-hydrogen) atoms. The predicted molar refractivity (Wildman–Crippen MR) is 65.0 cm³/mol. The highest BCUT2D eigenvalue weighted by molar-refractivity contribution is 7.07. The lowest BCUT2D eigenvalue weighted by atomic mass is 10.2. The minimum Gasteiger partial charge on any atom is -0.399 e. The Kier molecular flexibility index (Phi) is 2.87. The van der Waals surface area contributed by atoms with Gasteiger partial charge in [-0.3, -0.25) is 0 Å². The normalized spacial score (nSPS) is 10.2. The zero-order valence-electron chi connectivity index (χ0n) is 8.53. The smallest absolute Gasteiger partial charge is 0.0795 e. The van der Waals surface area contributed by atoms with E-state index < -0.39 is 0 Å². The maximum atomic E-state index is 5.75. The Labute approximate surface area is 93.0 Å². The van der Waals surface area contributed by atoms with Crippen molar-refractivity contribution in [2.24, 2.45) is 0 Å². The number of rotatable bonds is 3. The summed E-state index contributed by atoms with van der Waals surface area (Å²) in [5.74, 6) is 0. The summed E-state index contributed by atoms with van der Waals surface area (Å²) in [5, 5.41) is 5.33. The number of nitrogens with zero attached hydrogens (tertiary/aromatic N) is 1. The lowest BCUT2D eigenvalue weighted by Gasteiger charge is -2.06. The number of aryl methyl sites for hydroxylation is 1. The molecule has 3 nitrogen and oxygen atoms in total. The van der Waals surface area contributed by atoms with Gasteiger partial charge in [0.25, 0.3) is 0 Å². The number of aromatic nitrogens is 1. The molecular weight excluding hydrogens is 206 g/mol. The second-order valence-corrected chi connectivity index (χ2v) is 4.18. The van der Waals surface area contributed by atoms with Gasteiger partial charge in [0.2, 0.25) is 0 Å². The zero-order chi connectivity index (χ0) is 10.7. The van der Waals surface area contributed by atoms with E-state index in [-0.39, 0.29) is 0 Å². The van der Waals surface area contributed by atoms with Gasteiger partial charge in [0.15, 0.2) is 0 Å². The number of hydrogen-bond donors (Lipinski definition) is 2. The molecule has 78 valence electrons. The Balaban J connectivity index is 2.05. The number of nitrogen functional groups attached to an aromatic ring is 1. The molecule has 2 aromatic rings. The minimum atomic E-state index is 0.742. The Morgan fingerprint density at radius 3 is 2.93 bits per heavy atom. The molecule has 1 aromatic heterocycles. The van der Waals surface area contributed by atoms with Gasteiger partial charge in [0, 0.05) is 16.8 Å². The molecular formula is C11H13N3S. The molecule has 0 saturated carbocycles. The fourth-order valence-electron chi connectivity index (χ4n) is 1.43. The number of hydrogen-bond acceptors (Lipinski definition) is 4. The predicted octanol–water partition coefficient (Wildman–Crippen LogP) is 2.65. The van der Waals surface area contributed by atoms with E-state index in [1.165, 1.54) is 0 Å². The SMILES string of the molecule is Cc1cc(N)cc(NCc2cscn2)c1. The van der Waals surface area contributed by atoms with Gasteiger partial charge in [-0.25, -0.2) is 4.98 Å². The molecule has 0 saturated heterocycles. The monoisotopic (exact) mass is 219 g/mol. The van der Waals surface area contributed by atoms with Crippen LogP contribution in [0.4, 0.5) is 11.4 Å². The average molecular weight is 219 g/mol. The molecule has 0 aliphatic heterocycles. The van der Waals surface area contributed by atoms with Gasteiger partial charge < -0.3 is 11.1 Å². The molecule has 0 aliphatic rings. The molecule has 3 N–H and O–H groups in total. The van der Waals surface area contributed by atoms with Crippen molar-refractivity contribution >= 4 is 22.7 Å². The summed E-state index contributed by atoms with van der Waals surface area (Å²) in [6, 6.07) is 5.95. The summed E-state index contributed by atoms with van der Waals surface area (Å²) in [4.78, 5) is 4.20. The number of nitrogens with one attached hydrogen (secondary N) is 1. The standard InChI is InChI=1S/C11H13N3S/c1-8-2-9(12)4-10(3-8)13-5-11-6-15-7-14-11/h2-4,6-7,13H,5,12H2,1H3. The van der Waals surface area contributed by atoms with Crippen LogP contribution in [0.25, 0.3) is 0 Å². The van der Waals surface area contributed by atoms with Gasteiger partial charge in [0.05, 0.1) is 17.7 Å². The minimum absolute atomic E-state index is 0.742. The van der Waals surface area contributed by atoms with Crippen LogP contribution in [0.15, 0.2) is 29.1 Å². The van der Waals surface area contributed by atoms with Crippen molar-refractivity contribution in [2.45, 2.75) is 13.5 Å². The van der Waals surface area contributed by atoms with E-state index in [1.54, 1.807) is 11.3 Å². The first kappa shape index (κ1) is 9.98. The van der Waals surface area contributed by atoms with E-state index in [2.05, 4.69) is 16.4 Å². The summed E-state index contributed by atoms with van der Waals surface area (Å²) in [5.41, 5.74) is 11.6. The van der Waals surface area contributed by atoms with Crippen molar-refractivity contribution in [3.8, 4) is 0 Å². The summed E-state index contributed by atoms with van der Waals surface area (Å²) in [7, 11) is 0. The summed E-state index contributed by atoms with van der Waals surface area (Å²) in [6.45, 7) is 2.77. The lowest BCUT2D eigenvalue weighted by Crippen LogP contribution is -2.00. The topological polar surface area (TPSA) is 50.9 Å². The Hall–Kier alpha value is -1.55. The third kappa shape index (κ3) is 2.70. The van der Waals surface area contributed by atoms with E-state index in [4.69, 9.17) is 5.73 Å². The van der Waals surface area contributed by atoms with Gasteiger partial charge >= 0.3 is 0 Å². The van der Waals surface area contributed by atoms with Crippen LogP contribution in [0.1, 0.15) is 11.3 Å². The third-order valence-corrected chi connectivity index (χ3v) is 2.69. The van der Waals surface area contributed by atoms with E-state index in [9.17, 15) is 0 Å². The van der Waals surface area contributed by atoms with Crippen LogP contribution < -0.4 is 11.1 Å². The van der Waals surface area contributed by atoms with Crippen molar-refractivity contribution in [1.29, 1.82) is 0 Å². The Bertz CT molecular complexity index is 417. The van der Waals surface area contributed by atoms with Crippen molar-refractivity contribution in [2.75, 3.05) is 11.1 Å². The number of thiazole rings is 1.